The van der Waals surface area contributed by atoms with Gasteiger partial charge in [-0.15, -0.1) is 0 Å². The summed E-state index contributed by atoms with van der Waals surface area (Å²) >= 11 is 0. The van der Waals surface area contributed by atoms with Gasteiger partial charge in [-0.2, -0.15) is 0 Å². The van der Waals surface area contributed by atoms with E-state index in [1.54, 1.807) is 0 Å². The van der Waals surface area contributed by atoms with Crippen LogP contribution in [0.15, 0.2) is 42.7 Å². The molecule has 0 aliphatic heterocycles. The molecule has 2 rings (SSSR count). The average Bonchev–Trinajstić information content (AvgIpc) is 2.17. The molecule has 0 saturated carbocycles. The summed E-state index contributed by atoms with van der Waals surface area (Å²) in [7, 11) is -3.67. The quantitative estimate of drug-likeness (QED) is 0.592. The number of hydrogen-bond donors (Lipinski definition) is 0. The molecule has 1 nitrogen and oxygen atoms in total. The summed E-state index contributed by atoms with van der Waals surface area (Å²) in [6.07, 6.45) is 3.68. The zero-order chi connectivity index (χ0) is 10.4. The Labute approximate surface area is 129 Å². The molecule has 15 heavy (non-hydrogen) atoms. The van der Waals surface area contributed by atoms with Gasteiger partial charge in [0.2, 0.25) is 0 Å². The first-order valence-electron chi connectivity index (χ1n) is 3.91. The maximum absolute atomic E-state index is 9.67. The summed E-state index contributed by atoms with van der Waals surface area (Å²) in [5.41, 5.74) is 0. The van der Waals surface area contributed by atoms with Gasteiger partial charge >= 0.3 is 58.9 Å². The molecule has 0 spiro atoms. The minimum Gasteiger partial charge on any atom is -0.264 e. The van der Waals surface area contributed by atoms with Gasteiger partial charge < -0.3 is 0 Å². The number of benzene rings is 1. The van der Waals surface area contributed by atoms with Gasteiger partial charge in [-0.05, 0) is 16.8 Å². The Morgan fingerprint density at radius 2 is 1.47 bits per heavy atom. The fourth-order valence-electron chi connectivity index (χ4n) is 1.03. The van der Waals surface area contributed by atoms with Gasteiger partial charge in [-0.3, -0.25) is 17.9 Å². The van der Waals surface area contributed by atoms with Crippen LogP contribution in [0, 0.1) is 0 Å². The molecule has 0 aliphatic rings. The first-order valence-corrected chi connectivity index (χ1v) is 3.91. The van der Waals surface area contributed by atoms with Crippen molar-refractivity contribution in [2.24, 2.45) is 0 Å². The van der Waals surface area contributed by atoms with E-state index in [2.05, 4.69) is 17.1 Å². The van der Waals surface area contributed by atoms with E-state index in [9.17, 15) is 12.9 Å². The molecule has 6 heteroatoms. The second-order valence-corrected chi connectivity index (χ2v) is 2.47. The monoisotopic (exact) mass is 236 g/mol. The van der Waals surface area contributed by atoms with Crippen LogP contribution in [0.4, 0.5) is 12.9 Å². The van der Waals surface area contributed by atoms with Crippen molar-refractivity contribution < 1.29 is 64.3 Å². The van der Waals surface area contributed by atoms with Crippen LogP contribution in [-0.4, -0.2) is 12.5 Å². The Bertz CT molecular complexity index is 332. The topological polar surface area (TPSA) is 12.9 Å². The molecule has 2 aromatic rings. The molecular formula is C9H7BF3KN+. The van der Waals surface area contributed by atoms with Gasteiger partial charge in [-0.1, -0.05) is 24.3 Å². The molecule has 0 saturated heterocycles. The molecule has 0 N–H and O–H groups in total. The van der Waals surface area contributed by atoms with Gasteiger partial charge in [0.05, 0.1) is 0 Å². The van der Waals surface area contributed by atoms with Crippen LogP contribution < -0.4 is 51.4 Å². The molecule has 0 aliphatic carbocycles. The van der Waals surface area contributed by atoms with Crippen molar-refractivity contribution in [1.29, 1.82) is 0 Å². The van der Waals surface area contributed by atoms with E-state index >= 15 is 0 Å². The Hall–Kier alpha value is 0.121. The molecule has 0 bridgehead atoms. The number of fused-ring (bicyclic) bond motifs is 1. The minimum atomic E-state index is -3.67. The smallest absolute Gasteiger partial charge is 0.264 e. The van der Waals surface area contributed by atoms with Crippen LogP contribution in [0.5, 0.6) is 0 Å². The van der Waals surface area contributed by atoms with Crippen LogP contribution >= 0.6 is 0 Å². The van der Waals surface area contributed by atoms with Crippen molar-refractivity contribution in [2.75, 3.05) is 0 Å². The molecule has 0 fully saturated rings. The van der Waals surface area contributed by atoms with Crippen LogP contribution in [-0.2, 0) is 0 Å². The Balaban J connectivity index is 0.000000346. The fraction of sp³-hybridized carbons (Fsp3) is 0. The summed E-state index contributed by atoms with van der Waals surface area (Å²) in [5.74, 6) is 0. The van der Waals surface area contributed by atoms with Crippen LogP contribution in [0.1, 0.15) is 0 Å². The van der Waals surface area contributed by atoms with E-state index in [0.717, 1.165) is 0 Å². The third-order valence-electron chi connectivity index (χ3n) is 1.55. The summed E-state index contributed by atoms with van der Waals surface area (Å²) in [6, 6.07) is 10.2. The minimum absolute atomic E-state index is 0. The van der Waals surface area contributed by atoms with Crippen molar-refractivity contribution in [3.05, 3.63) is 42.7 Å². The Morgan fingerprint density at radius 1 is 0.933 bits per heavy atom. The van der Waals surface area contributed by atoms with Crippen molar-refractivity contribution in [3.8, 4) is 0 Å². The average molecular weight is 236 g/mol. The molecule has 0 amide bonds. The second-order valence-electron chi connectivity index (χ2n) is 2.47. The standard InChI is InChI=1S/C9H7N.BF3.K/c1-2-4-9-7-10-6-5-8(9)3-1;2-1(3)4;/h1-7H;;/q;;+1. The van der Waals surface area contributed by atoms with Crippen molar-refractivity contribution in [3.63, 3.8) is 0 Å². The molecule has 1 aromatic heterocycles. The fourth-order valence-corrected chi connectivity index (χ4v) is 1.03. The SMILES string of the molecule is FB(F)F.[K+].c1ccc2cnccc2c1. The van der Waals surface area contributed by atoms with Crippen molar-refractivity contribution in [1.82, 2.24) is 4.98 Å². The number of aromatic nitrogens is 1. The first-order chi connectivity index (χ1) is 6.70. The predicted molar refractivity (Wildman–Crippen MR) is 50.8 cm³/mol. The van der Waals surface area contributed by atoms with Gasteiger partial charge in [0, 0.05) is 12.4 Å². The van der Waals surface area contributed by atoms with E-state index in [4.69, 9.17) is 0 Å². The van der Waals surface area contributed by atoms with Gasteiger partial charge in [0.25, 0.3) is 0 Å². The maximum Gasteiger partial charge on any atom is 1.00 e. The van der Waals surface area contributed by atoms with E-state index in [1.165, 1.54) is 10.8 Å². The maximum atomic E-state index is 9.67. The van der Waals surface area contributed by atoms with Gasteiger partial charge in [0.15, 0.2) is 0 Å². The van der Waals surface area contributed by atoms with Gasteiger partial charge in [-0.25, -0.2) is 0 Å². The molecule has 0 radical (unpaired) electrons. The zero-order valence-corrected chi connectivity index (χ0v) is 11.3. The van der Waals surface area contributed by atoms with Crippen molar-refractivity contribution >= 4 is 18.3 Å². The predicted octanol–water partition coefficient (Wildman–Crippen LogP) is 0.119. The molecule has 0 unspecified atom stereocenters. The molecule has 72 valence electrons. The molecule has 0 atom stereocenters. The second kappa shape index (κ2) is 8.29. The molecule has 1 heterocycles. The zero-order valence-electron chi connectivity index (χ0n) is 8.20. The number of nitrogens with zero attached hydrogens (tertiary/aromatic N) is 1. The third kappa shape index (κ3) is 6.32. The summed E-state index contributed by atoms with van der Waals surface area (Å²) in [5, 5.41) is 2.45. The summed E-state index contributed by atoms with van der Waals surface area (Å²) < 4.78 is 29.0. The Morgan fingerprint density at radius 3 is 2.00 bits per heavy atom. The largest absolute Gasteiger partial charge is 1.00 e. The van der Waals surface area contributed by atoms with E-state index < -0.39 is 7.54 Å². The first kappa shape index (κ1) is 15.1. The summed E-state index contributed by atoms with van der Waals surface area (Å²) in [6.45, 7) is 0. The number of rotatable bonds is 0. The summed E-state index contributed by atoms with van der Waals surface area (Å²) in [4.78, 5) is 4.01. The van der Waals surface area contributed by atoms with Crippen molar-refractivity contribution in [2.45, 2.75) is 0 Å². The Kier molecular flexibility index (Phi) is 8.36. The normalized spacial score (nSPS) is 8.47. The number of halogens is 3. The molecule has 1 aromatic carbocycles. The van der Waals surface area contributed by atoms with Crippen LogP contribution in [0.2, 0.25) is 0 Å². The van der Waals surface area contributed by atoms with Gasteiger partial charge in [0.1, 0.15) is 0 Å². The van der Waals surface area contributed by atoms with E-state index in [1.807, 2.05) is 30.6 Å². The number of pyridine rings is 1. The van der Waals surface area contributed by atoms with E-state index in [-0.39, 0.29) is 51.4 Å². The van der Waals surface area contributed by atoms with E-state index in [0.29, 0.717) is 0 Å². The van der Waals surface area contributed by atoms with Crippen LogP contribution in [0.3, 0.4) is 0 Å². The third-order valence-corrected chi connectivity index (χ3v) is 1.55. The van der Waals surface area contributed by atoms with Crippen LogP contribution in [0.25, 0.3) is 10.8 Å². The molecular weight excluding hydrogens is 229 g/mol. The number of hydrogen-bond acceptors (Lipinski definition) is 1.